The molecule has 7 heteroatoms. The number of ether oxygens (including phenoxy) is 2. The molecule has 1 heterocycles. The highest BCUT2D eigenvalue weighted by Gasteiger charge is 2.40. The zero-order valence-corrected chi connectivity index (χ0v) is 17.4. The summed E-state index contributed by atoms with van der Waals surface area (Å²) in [4.78, 5) is 35.3. The predicted molar refractivity (Wildman–Crippen MR) is 108 cm³/mol. The Labute approximate surface area is 171 Å². The molecule has 0 spiro atoms. The minimum absolute atomic E-state index is 0.0486. The quantitative estimate of drug-likeness (QED) is 0.580. The highest BCUT2D eigenvalue weighted by Crippen LogP contribution is 2.25. The highest BCUT2D eigenvalue weighted by molar-refractivity contribution is 5.97. The molecule has 1 atom stereocenters. The van der Waals surface area contributed by atoms with Crippen molar-refractivity contribution in [3.05, 3.63) is 35.4 Å². The molecule has 0 bridgehead atoms. The second-order valence-electron chi connectivity index (χ2n) is 7.88. The minimum Gasteiger partial charge on any atom is -0.477 e. The number of unbranched alkanes of at least 4 members (excludes halogenated alkanes) is 2. The summed E-state index contributed by atoms with van der Waals surface area (Å²) in [5.41, 5.74) is 1.62. The summed E-state index contributed by atoms with van der Waals surface area (Å²) < 4.78 is 10.7. The van der Waals surface area contributed by atoms with Gasteiger partial charge in [-0.2, -0.15) is 0 Å². The Hall–Kier alpha value is -2.25. The summed E-state index contributed by atoms with van der Waals surface area (Å²) in [6, 6.07) is 6.77. The number of aryl methyl sites for hydroxylation is 1. The zero-order chi connectivity index (χ0) is 21.4. The first-order valence-electron chi connectivity index (χ1n) is 10.1. The van der Waals surface area contributed by atoms with E-state index in [-0.39, 0.29) is 17.6 Å². The fraction of sp³-hybridized carbons (Fsp3) is 0.591. The summed E-state index contributed by atoms with van der Waals surface area (Å²) in [7, 11) is 0. The lowest BCUT2D eigenvalue weighted by atomic mass is 9.99. The third-order valence-electron chi connectivity index (χ3n) is 5.29. The van der Waals surface area contributed by atoms with E-state index in [1.807, 2.05) is 19.1 Å². The normalized spacial score (nSPS) is 22.7. The standard InChI is InChI=1S/C22H31NO6/c1-15-9-11-18(12-10-15)20(25)23-19(16(2)24)8-6-4-5-7-17-13-28-22(3,21(26)27)29-14-17/h9-12,17,19H,4-8,13-14H2,1-3H3,(H,23,25)(H,26,27). The predicted octanol–water partition coefficient (Wildman–Crippen LogP) is 3.10. The van der Waals surface area contributed by atoms with Crippen molar-refractivity contribution in [2.45, 2.75) is 64.7 Å². The number of aliphatic carboxylic acids is 1. The van der Waals surface area contributed by atoms with E-state index in [0.29, 0.717) is 25.2 Å². The molecule has 1 aromatic rings. The molecule has 7 nitrogen and oxygen atoms in total. The number of carbonyl (C=O) groups is 3. The van der Waals surface area contributed by atoms with Crippen LogP contribution in [0.15, 0.2) is 24.3 Å². The van der Waals surface area contributed by atoms with Gasteiger partial charge >= 0.3 is 5.97 Å². The van der Waals surface area contributed by atoms with Crippen molar-refractivity contribution in [3.8, 4) is 0 Å². The van der Waals surface area contributed by atoms with Crippen molar-refractivity contribution < 1.29 is 29.0 Å². The van der Waals surface area contributed by atoms with E-state index in [2.05, 4.69) is 5.32 Å². The Morgan fingerprint density at radius 3 is 2.31 bits per heavy atom. The maximum absolute atomic E-state index is 12.3. The molecule has 1 unspecified atom stereocenters. The number of hydrogen-bond donors (Lipinski definition) is 2. The van der Waals surface area contributed by atoms with Crippen LogP contribution in [-0.4, -0.2) is 47.8 Å². The number of nitrogens with one attached hydrogen (secondary N) is 1. The second-order valence-corrected chi connectivity index (χ2v) is 7.88. The first-order valence-corrected chi connectivity index (χ1v) is 10.1. The minimum atomic E-state index is -1.54. The molecule has 1 saturated heterocycles. The Bertz CT molecular complexity index is 707. The average molecular weight is 405 g/mol. The van der Waals surface area contributed by atoms with E-state index in [9.17, 15) is 14.4 Å². The number of carboxylic acid groups (broad SMARTS) is 1. The molecular weight excluding hydrogens is 374 g/mol. The SMILES string of the molecule is CC(=O)C(CCCCCC1COC(C)(C(=O)O)OC1)NC(=O)c1ccc(C)cc1. The van der Waals surface area contributed by atoms with Gasteiger partial charge in [-0.15, -0.1) is 0 Å². The molecule has 1 aliphatic heterocycles. The number of amides is 1. The molecular formula is C22H31NO6. The molecule has 0 saturated carbocycles. The summed E-state index contributed by atoms with van der Waals surface area (Å²) in [5.74, 6) is -2.76. The van der Waals surface area contributed by atoms with Crippen LogP contribution >= 0.6 is 0 Å². The lowest BCUT2D eigenvalue weighted by molar-refractivity contribution is -0.271. The first-order chi connectivity index (χ1) is 13.7. The van der Waals surface area contributed by atoms with Crippen LogP contribution in [0.25, 0.3) is 0 Å². The third-order valence-corrected chi connectivity index (χ3v) is 5.29. The van der Waals surface area contributed by atoms with Gasteiger partial charge in [0.2, 0.25) is 0 Å². The Kier molecular flexibility index (Phi) is 8.34. The van der Waals surface area contributed by atoms with Crippen LogP contribution in [-0.2, 0) is 19.1 Å². The molecule has 1 fully saturated rings. The fourth-order valence-electron chi connectivity index (χ4n) is 3.22. The number of carboxylic acids is 1. The molecule has 160 valence electrons. The lowest BCUT2D eigenvalue weighted by Crippen LogP contribution is -2.47. The van der Waals surface area contributed by atoms with Crippen molar-refractivity contribution in [2.75, 3.05) is 13.2 Å². The molecule has 2 rings (SSSR count). The van der Waals surface area contributed by atoms with Crippen molar-refractivity contribution in [1.82, 2.24) is 5.32 Å². The van der Waals surface area contributed by atoms with Crippen LogP contribution in [0.3, 0.4) is 0 Å². The summed E-state index contributed by atoms with van der Waals surface area (Å²) in [5, 5.41) is 11.9. The van der Waals surface area contributed by atoms with Crippen LogP contribution < -0.4 is 5.32 Å². The number of hydrogen-bond acceptors (Lipinski definition) is 5. The number of Topliss-reactive ketones (excluding diaryl/α,β-unsaturated/α-hetero) is 1. The van der Waals surface area contributed by atoms with Gasteiger partial charge in [0.15, 0.2) is 5.78 Å². The number of benzene rings is 1. The van der Waals surface area contributed by atoms with Gasteiger partial charge in [-0.1, -0.05) is 37.0 Å². The van der Waals surface area contributed by atoms with Crippen molar-refractivity contribution in [2.24, 2.45) is 5.92 Å². The Morgan fingerprint density at radius 2 is 1.76 bits per heavy atom. The van der Waals surface area contributed by atoms with E-state index in [1.54, 1.807) is 12.1 Å². The fourth-order valence-corrected chi connectivity index (χ4v) is 3.22. The third kappa shape index (κ3) is 6.94. The number of rotatable bonds is 10. The monoisotopic (exact) mass is 405 g/mol. The molecule has 2 N–H and O–H groups in total. The molecule has 0 radical (unpaired) electrons. The van der Waals surface area contributed by atoms with Gasteiger partial charge in [-0.3, -0.25) is 9.59 Å². The average Bonchev–Trinajstić information content (AvgIpc) is 2.68. The summed E-state index contributed by atoms with van der Waals surface area (Å²) >= 11 is 0. The first kappa shape index (κ1) is 23.0. The number of ketones is 1. The maximum Gasteiger partial charge on any atom is 0.364 e. The lowest BCUT2D eigenvalue weighted by Gasteiger charge is -2.34. The molecule has 1 aromatic carbocycles. The highest BCUT2D eigenvalue weighted by atomic mass is 16.7. The van der Waals surface area contributed by atoms with E-state index in [4.69, 9.17) is 14.6 Å². The molecule has 1 aliphatic rings. The van der Waals surface area contributed by atoms with Crippen molar-refractivity contribution >= 4 is 17.7 Å². The zero-order valence-electron chi connectivity index (χ0n) is 17.4. The van der Waals surface area contributed by atoms with E-state index < -0.39 is 17.8 Å². The van der Waals surface area contributed by atoms with Crippen LogP contribution in [0.2, 0.25) is 0 Å². The van der Waals surface area contributed by atoms with Gasteiger partial charge in [-0.25, -0.2) is 4.79 Å². The van der Waals surface area contributed by atoms with Crippen LogP contribution in [0, 0.1) is 12.8 Å². The molecule has 1 amide bonds. The van der Waals surface area contributed by atoms with E-state index in [1.165, 1.54) is 13.8 Å². The van der Waals surface area contributed by atoms with E-state index >= 15 is 0 Å². The topological polar surface area (TPSA) is 102 Å². The van der Waals surface area contributed by atoms with Crippen molar-refractivity contribution in [3.63, 3.8) is 0 Å². The van der Waals surface area contributed by atoms with Gasteiger partial charge in [0.1, 0.15) is 0 Å². The van der Waals surface area contributed by atoms with Crippen LogP contribution in [0.5, 0.6) is 0 Å². The van der Waals surface area contributed by atoms with Gasteiger partial charge in [0.05, 0.1) is 19.3 Å². The summed E-state index contributed by atoms with van der Waals surface area (Å²) in [6.45, 7) is 5.60. The Balaban J connectivity index is 1.68. The summed E-state index contributed by atoms with van der Waals surface area (Å²) in [6.07, 6.45) is 4.13. The maximum atomic E-state index is 12.3. The molecule has 0 aliphatic carbocycles. The van der Waals surface area contributed by atoms with Gasteiger partial charge in [0, 0.05) is 18.4 Å². The number of carbonyl (C=O) groups excluding carboxylic acids is 2. The smallest absolute Gasteiger partial charge is 0.364 e. The van der Waals surface area contributed by atoms with Crippen LogP contribution in [0.1, 0.15) is 61.9 Å². The van der Waals surface area contributed by atoms with Gasteiger partial charge in [0.25, 0.3) is 11.7 Å². The molecule has 0 aromatic heterocycles. The van der Waals surface area contributed by atoms with Crippen molar-refractivity contribution in [1.29, 1.82) is 0 Å². The van der Waals surface area contributed by atoms with E-state index in [0.717, 1.165) is 31.2 Å². The second kappa shape index (κ2) is 10.5. The van der Waals surface area contributed by atoms with Gasteiger partial charge < -0.3 is 19.9 Å². The van der Waals surface area contributed by atoms with Gasteiger partial charge in [-0.05, 0) is 38.8 Å². The largest absolute Gasteiger partial charge is 0.477 e. The Morgan fingerprint density at radius 1 is 1.14 bits per heavy atom. The molecule has 29 heavy (non-hydrogen) atoms. The van der Waals surface area contributed by atoms with Crippen LogP contribution in [0.4, 0.5) is 0 Å².